The molecule has 0 aliphatic carbocycles. The number of urea groups is 1. The van der Waals surface area contributed by atoms with Crippen LogP contribution in [0.5, 0.6) is 0 Å². The molecular formula is C12H18BrN3O2. The largest absolute Gasteiger partial charge is 0.391 e. The molecule has 0 saturated carbocycles. The molecule has 0 saturated heterocycles. The molecule has 2 amide bonds. The van der Waals surface area contributed by atoms with Crippen molar-refractivity contribution >= 4 is 27.8 Å². The average molecular weight is 316 g/mol. The van der Waals surface area contributed by atoms with E-state index in [9.17, 15) is 9.90 Å². The molecule has 0 aliphatic heterocycles. The van der Waals surface area contributed by atoms with Gasteiger partial charge in [0.15, 0.2) is 0 Å². The van der Waals surface area contributed by atoms with Crippen LogP contribution in [0.25, 0.3) is 0 Å². The van der Waals surface area contributed by atoms with Crippen LogP contribution in [0, 0.1) is 6.92 Å². The van der Waals surface area contributed by atoms with Gasteiger partial charge < -0.3 is 10.4 Å². The van der Waals surface area contributed by atoms with Crippen LogP contribution in [-0.2, 0) is 0 Å². The van der Waals surface area contributed by atoms with Crippen LogP contribution in [0.3, 0.4) is 0 Å². The minimum atomic E-state index is -0.500. The standard InChI is InChI=1S/C12H18BrN3O2/c1-3-4-9(17)7-14-12(18)16-11-6-5-10(13)8(2)15-11/h5-6,9,17H,3-4,7H2,1-2H3,(H2,14,15,16,18)/t9-/m1/s1. The van der Waals surface area contributed by atoms with Crippen LogP contribution < -0.4 is 10.6 Å². The van der Waals surface area contributed by atoms with E-state index >= 15 is 0 Å². The maximum atomic E-state index is 11.5. The van der Waals surface area contributed by atoms with E-state index in [-0.39, 0.29) is 12.6 Å². The molecule has 1 aromatic rings. The Labute approximate surface area is 115 Å². The first-order valence-electron chi connectivity index (χ1n) is 5.89. The van der Waals surface area contributed by atoms with Gasteiger partial charge in [-0.2, -0.15) is 0 Å². The zero-order valence-electron chi connectivity index (χ0n) is 10.5. The lowest BCUT2D eigenvalue weighted by atomic mass is 10.2. The maximum Gasteiger partial charge on any atom is 0.320 e. The Balaban J connectivity index is 2.42. The number of anilines is 1. The number of halogens is 1. The predicted molar refractivity (Wildman–Crippen MR) is 74.6 cm³/mol. The summed E-state index contributed by atoms with van der Waals surface area (Å²) < 4.78 is 0.895. The highest BCUT2D eigenvalue weighted by Gasteiger charge is 2.07. The average Bonchev–Trinajstić information content (AvgIpc) is 2.32. The zero-order valence-corrected chi connectivity index (χ0v) is 12.1. The highest BCUT2D eigenvalue weighted by molar-refractivity contribution is 9.10. The normalized spacial score (nSPS) is 12.0. The molecule has 1 atom stereocenters. The molecule has 0 radical (unpaired) electrons. The fourth-order valence-electron chi connectivity index (χ4n) is 1.42. The van der Waals surface area contributed by atoms with Crippen molar-refractivity contribution in [3.8, 4) is 0 Å². The van der Waals surface area contributed by atoms with Crippen LogP contribution in [0.1, 0.15) is 25.5 Å². The Kier molecular flexibility index (Phi) is 6.07. The molecule has 1 heterocycles. The van der Waals surface area contributed by atoms with Crippen molar-refractivity contribution in [2.75, 3.05) is 11.9 Å². The van der Waals surface area contributed by atoms with E-state index in [0.29, 0.717) is 12.2 Å². The number of carbonyl (C=O) groups excluding carboxylic acids is 1. The maximum absolute atomic E-state index is 11.5. The molecule has 0 spiro atoms. The summed E-state index contributed by atoms with van der Waals surface area (Å²) in [4.78, 5) is 15.7. The second-order valence-electron chi connectivity index (χ2n) is 4.04. The van der Waals surface area contributed by atoms with Crippen LogP contribution in [0.2, 0.25) is 0 Å². The van der Waals surface area contributed by atoms with Gasteiger partial charge in [0.25, 0.3) is 0 Å². The molecule has 0 unspecified atom stereocenters. The van der Waals surface area contributed by atoms with Gasteiger partial charge in [-0.1, -0.05) is 13.3 Å². The van der Waals surface area contributed by atoms with Gasteiger partial charge in [-0.15, -0.1) is 0 Å². The quantitative estimate of drug-likeness (QED) is 0.781. The van der Waals surface area contributed by atoms with Crippen LogP contribution in [0.4, 0.5) is 10.6 Å². The minimum absolute atomic E-state index is 0.245. The first-order valence-corrected chi connectivity index (χ1v) is 6.68. The summed E-state index contributed by atoms with van der Waals surface area (Å²) >= 11 is 3.34. The van der Waals surface area contributed by atoms with Crippen molar-refractivity contribution in [1.82, 2.24) is 10.3 Å². The van der Waals surface area contributed by atoms with E-state index in [1.807, 2.05) is 19.9 Å². The van der Waals surface area contributed by atoms with Crippen molar-refractivity contribution in [3.63, 3.8) is 0 Å². The molecular weight excluding hydrogens is 298 g/mol. The van der Waals surface area contributed by atoms with Crippen LogP contribution in [0.15, 0.2) is 16.6 Å². The van der Waals surface area contributed by atoms with E-state index in [2.05, 4.69) is 31.5 Å². The number of pyridine rings is 1. The third-order valence-corrected chi connectivity index (χ3v) is 3.22. The highest BCUT2D eigenvalue weighted by atomic mass is 79.9. The van der Waals surface area contributed by atoms with Crippen molar-refractivity contribution in [2.45, 2.75) is 32.8 Å². The molecule has 0 aromatic carbocycles. The number of aliphatic hydroxyl groups is 1. The van der Waals surface area contributed by atoms with E-state index < -0.39 is 6.10 Å². The van der Waals surface area contributed by atoms with E-state index in [1.54, 1.807) is 6.07 Å². The van der Waals surface area contributed by atoms with Crippen LogP contribution in [-0.4, -0.2) is 28.8 Å². The number of hydrogen-bond donors (Lipinski definition) is 3. The van der Waals surface area contributed by atoms with Gasteiger partial charge >= 0.3 is 6.03 Å². The van der Waals surface area contributed by atoms with Crippen molar-refractivity contribution < 1.29 is 9.90 Å². The molecule has 0 fully saturated rings. The second-order valence-corrected chi connectivity index (χ2v) is 4.90. The fourth-order valence-corrected chi connectivity index (χ4v) is 1.64. The summed E-state index contributed by atoms with van der Waals surface area (Å²) in [6.45, 7) is 4.07. The minimum Gasteiger partial charge on any atom is -0.391 e. The third-order valence-electron chi connectivity index (χ3n) is 2.38. The van der Waals surface area contributed by atoms with Gasteiger partial charge in [0, 0.05) is 11.0 Å². The molecule has 18 heavy (non-hydrogen) atoms. The Morgan fingerprint density at radius 2 is 2.28 bits per heavy atom. The molecule has 3 N–H and O–H groups in total. The molecule has 1 rings (SSSR count). The summed E-state index contributed by atoms with van der Waals surface area (Å²) in [5, 5.41) is 14.7. The number of hydrogen-bond acceptors (Lipinski definition) is 3. The van der Waals surface area contributed by atoms with Gasteiger partial charge in [-0.05, 0) is 41.4 Å². The van der Waals surface area contributed by atoms with Gasteiger partial charge in [0.2, 0.25) is 0 Å². The van der Waals surface area contributed by atoms with Gasteiger partial charge in [-0.25, -0.2) is 9.78 Å². The van der Waals surface area contributed by atoms with Crippen LogP contribution >= 0.6 is 15.9 Å². The fraction of sp³-hybridized carbons (Fsp3) is 0.500. The van der Waals surface area contributed by atoms with Gasteiger partial charge in [0.05, 0.1) is 11.8 Å². The predicted octanol–water partition coefficient (Wildman–Crippen LogP) is 2.44. The van der Waals surface area contributed by atoms with Crippen molar-refractivity contribution in [2.24, 2.45) is 0 Å². The Hall–Kier alpha value is -1.14. The number of aliphatic hydroxyl groups excluding tert-OH is 1. The number of aryl methyl sites for hydroxylation is 1. The monoisotopic (exact) mass is 315 g/mol. The summed E-state index contributed by atoms with van der Waals surface area (Å²) in [7, 11) is 0. The van der Waals surface area contributed by atoms with Crippen molar-refractivity contribution in [3.05, 3.63) is 22.3 Å². The van der Waals surface area contributed by atoms with E-state index in [0.717, 1.165) is 16.6 Å². The Bertz CT molecular complexity index is 412. The van der Waals surface area contributed by atoms with E-state index in [1.165, 1.54) is 0 Å². The van der Waals surface area contributed by atoms with Gasteiger partial charge in [-0.3, -0.25) is 5.32 Å². The Morgan fingerprint density at radius 3 is 2.89 bits per heavy atom. The molecule has 0 bridgehead atoms. The van der Waals surface area contributed by atoms with Crippen molar-refractivity contribution in [1.29, 1.82) is 0 Å². The smallest absolute Gasteiger partial charge is 0.320 e. The molecule has 6 heteroatoms. The summed E-state index contributed by atoms with van der Waals surface area (Å²) in [6.07, 6.45) is 1.06. The summed E-state index contributed by atoms with van der Waals surface area (Å²) in [5.74, 6) is 0.484. The number of carbonyl (C=O) groups is 1. The first-order chi connectivity index (χ1) is 8.52. The highest BCUT2D eigenvalue weighted by Crippen LogP contribution is 2.15. The number of rotatable bonds is 5. The zero-order chi connectivity index (χ0) is 13.5. The lowest BCUT2D eigenvalue weighted by molar-refractivity contribution is 0.162. The number of amides is 2. The molecule has 100 valence electrons. The number of aromatic nitrogens is 1. The number of nitrogens with zero attached hydrogens (tertiary/aromatic N) is 1. The first kappa shape index (κ1) is 14.9. The molecule has 0 aliphatic rings. The second kappa shape index (κ2) is 7.33. The summed E-state index contributed by atoms with van der Waals surface area (Å²) in [5.41, 5.74) is 0.804. The lowest BCUT2D eigenvalue weighted by Crippen LogP contribution is -2.35. The molecule has 1 aromatic heterocycles. The summed E-state index contributed by atoms with van der Waals surface area (Å²) in [6, 6.07) is 3.17. The lowest BCUT2D eigenvalue weighted by Gasteiger charge is -2.11. The SMILES string of the molecule is CCC[C@@H](O)CNC(=O)Nc1ccc(Br)c(C)n1. The van der Waals surface area contributed by atoms with Gasteiger partial charge in [0.1, 0.15) is 5.82 Å². The Morgan fingerprint density at radius 1 is 1.56 bits per heavy atom. The molecule has 5 nitrogen and oxygen atoms in total. The third kappa shape index (κ3) is 5.01. The topological polar surface area (TPSA) is 74.2 Å². The van der Waals surface area contributed by atoms with E-state index in [4.69, 9.17) is 0 Å². The number of nitrogens with one attached hydrogen (secondary N) is 2.